The lowest BCUT2D eigenvalue weighted by atomic mass is 9.95. The highest BCUT2D eigenvalue weighted by atomic mass is 16.4. The van der Waals surface area contributed by atoms with Crippen molar-refractivity contribution in [1.82, 2.24) is 4.90 Å². The number of nitrogens with one attached hydrogen (secondary N) is 1. The Kier molecular flexibility index (Phi) is 6.29. The molecule has 0 saturated carbocycles. The lowest BCUT2D eigenvalue weighted by Gasteiger charge is -2.29. The Labute approximate surface area is 183 Å². The second-order valence-electron chi connectivity index (χ2n) is 8.97. The van der Waals surface area contributed by atoms with Gasteiger partial charge in [-0.3, -0.25) is 4.79 Å². The minimum atomic E-state index is -0.936. The van der Waals surface area contributed by atoms with E-state index in [-0.39, 0.29) is 17.5 Å². The molecule has 31 heavy (non-hydrogen) atoms. The summed E-state index contributed by atoms with van der Waals surface area (Å²) in [6.07, 6.45) is 3.83. The standard InChI is InChI=1S/C25H29N3O3/c1-16-9-10-20(22(11-16)27-24(31)25(3,4)5)21-12-17(2)28(15-26-21)14-18-7-6-8-19(13-18)23(29)30/h6-13,15,17H,14H2,1-5H3,(H,27,31)(H,29,30). The van der Waals surface area contributed by atoms with Gasteiger partial charge in [-0.05, 0) is 49.2 Å². The van der Waals surface area contributed by atoms with Crippen molar-refractivity contribution >= 4 is 29.6 Å². The quantitative estimate of drug-likeness (QED) is 0.718. The predicted octanol–water partition coefficient (Wildman–Crippen LogP) is 4.95. The number of benzene rings is 2. The van der Waals surface area contributed by atoms with E-state index in [1.165, 1.54) is 0 Å². The van der Waals surface area contributed by atoms with E-state index >= 15 is 0 Å². The van der Waals surface area contributed by atoms with Gasteiger partial charge in [-0.25, -0.2) is 9.79 Å². The van der Waals surface area contributed by atoms with E-state index in [0.29, 0.717) is 6.54 Å². The van der Waals surface area contributed by atoms with Crippen LogP contribution in [0.5, 0.6) is 0 Å². The Hall–Kier alpha value is -3.41. The third kappa shape index (κ3) is 5.40. The predicted molar refractivity (Wildman–Crippen MR) is 124 cm³/mol. The van der Waals surface area contributed by atoms with Gasteiger partial charge < -0.3 is 15.3 Å². The number of amides is 1. The summed E-state index contributed by atoms with van der Waals surface area (Å²) in [6.45, 7) is 10.3. The van der Waals surface area contributed by atoms with Gasteiger partial charge in [-0.1, -0.05) is 45.0 Å². The fourth-order valence-corrected chi connectivity index (χ4v) is 3.26. The molecule has 3 rings (SSSR count). The van der Waals surface area contributed by atoms with Gasteiger partial charge in [-0.15, -0.1) is 0 Å². The van der Waals surface area contributed by atoms with Crippen molar-refractivity contribution in [3.63, 3.8) is 0 Å². The maximum atomic E-state index is 12.6. The molecular formula is C25H29N3O3. The van der Waals surface area contributed by atoms with Crippen molar-refractivity contribution in [2.75, 3.05) is 5.32 Å². The number of aliphatic imine (C=N–C) groups is 1. The smallest absolute Gasteiger partial charge is 0.335 e. The first-order valence-electron chi connectivity index (χ1n) is 10.3. The van der Waals surface area contributed by atoms with Crippen LogP contribution in [-0.4, -0.2) is 34.3 Å². The molecule has 2 aromatic carbocycles. The highest BCUT2D eigenvalue weighted by Gasteiger charge is 2.23. The molecule has 0 radical (unpaired) electrons. The average molecular weight is 420 g/mol. The molecule has 0 fully saturated rings. The number of carbonyl (C=O) groups excluding carboxylic acids is 1. The van der Waals surface area contributed by atoms with Crippen molar-refractivity contribution < 1.29 is 14.7 Å². The van der Waals surface area contributed by atoms with Crippen LogP contribution in [0.4, 0.5) is 5.69 Å². The van der Waals surface area contributed by atoms with Crippen molar-refractivity contribution in [3.8, 4) is 0 Å². The molecule has 6 nitrogen and oxygen atoms in total. The molecule has 162 valence electrons. The molecule has 0 aromatic heterocycles. The van der Waals surface area contributed by atoms with Crippen LogP contribution in [0.15, 0.2) is 53.5 Å². The number of anilines is 1. The number of hydrogen-bond acceptors (Lipinski definition) is 4. The van der Waals surface area contributed by atoms with Crippen LogP contribution >= 0.6 is 0 Å². The Morgan fingerprint density at radius 2 is 1.90 bits per heavy atom. The highest BCUT2D eigenvalue weighted by molar-refractivity contribution is 5.97. The minimum absolute atomic E-state index is 0.0484. The zero-order valence-electron chi connectivity index (χ0n) is 18.6. The second-order valence-corrected chi connectivity index (χ2v) is 8.97. The third-order valence-corrected chi connectivity index (χ3v) is 5.19. The van der Waals surface area contributed by atoms with Crippen molar-refractivity contribution in [3.05, 3.63) is 70.8 Å². The molecule has 2 N–H and O–H groups in total. The molecule has 1 unspecified atom stereocenters. The molecule has 1 aliphatic heterocycles. The number of rotatable bonds is 5. The number of hydrogen-bond donors (Lipinski definition) is 2. The lowest BCUT2D eigenvalue weighted by Crippen LogP contribution is -2.32. The van der Waals surface area contributed by atoms with E-state index in [1.54, 1.807) is 24.5 Å². The van der Waals surface area contributed by atoms with Gasteiger partial charge in [0.2, 0.25) is 5.91 Å². The van der Waals surface area contributed by atoms with Gasteiger partial charge in [0.25, 0.3) is 0 Å². The largest absolute Gasteiger partial charge is 0.478 e. The number of carboxylic acid groups (broad SMARTS) is 1. The molecular weight excluding hydrogens is 390 g/mol. The molecule has 1 amide bonds. The van der Waals surface area contributed by atoms with Crippen molar-refractivity contribution in [2.45, 2.75) is 47.2 Å². The summed E-state index contributed by atoms with van der Waals surface area (Å²) in [7, 11) is 0. The van der Waals surface area contributed by atoms with Gasteiger partial charge in [0, 0.05) is 23.6 Å². The third-order valence-electron chi connectivity index (χ3n) is 5.19. The van der Waals surface area contributed by atoms with E-state index in [2.05, 4.69) is 23.3 Å². The summed E-state index contributed by atoms with van der Waals surface area (Å²) >= 11 is 0. The van der Waals surface area contributed by atoms with Gasteiger partial charge in [0.05, 0.1) is 23.3 Å². The first-order chi connectivity index (χ1) is 14.5. The van der Waals surface area contributed by atoms with Crippen LogP contribution in [0.2, 0.25) is 0 Å². The molecule has 1 atom stereocenters. The normalized spacial score (nSPS) is 16.1. The van der Waals surface area contributed by atoms with E-state index in [0.717, 1.165) is 28.1 Å². The summed E-state index contributed by atoms with van der Waals surface area (Å²) in [5.74, 6) is -0.985. The number of aryl methyl sites for hydroxylation is 1. The average Bonchev–Trinajstić information content (AvgIpc) is 2.69. The first kappa shape index (κ1) is 22.3. The molecule has 2 aromatic rings. The molecule has 0 saturated heterocycles. The van der Waals surface area contributed by atoms with E-state index in [1.807, 2.05) is 56.9 Å². The van der Waals surface area contributed by atoms with E-state index < -0.39 is 11.4 Å². The Balaban J connectivity index is 1.82. The van der Waals surface area contributed by atoms with Crippen molar-refractivity contribution in [1.29, 1.82) is 0 Å². The molecule has 1 aliphatic rings. The van der Waals surface area contributed by atoms with E-state index in [4.69, 9.17) is 0 Å². The SMILES string of the molecule is Cc1ccc(C2=CC(C)N(Cc3cccc(C(=O)O)c3)C=N2)c(NC(=O)C(C)(C)C)c1. The summed E-state index contributed by atoms with van der Waals surface area (Å²) in [6, 6.07) is 12.9. The lowest BCUT2D eigenvalue weighted by molar-refractivity contribution is -0.123. The fourth-order valence-electron chi connectivity index (χ4n) is 3.26. The van der Waals surface area contributed by atoms with Crippen LogP contribution in [0.1, 0.15) is 54.7 Å². The number of carboxylic acids is 1. The van der Waals surface area contributed by atoms with Gasteiger partial charge in [0.15, 0.2) is 0 Å². The maximum Gasteiger partial charge on any atom is 0.335 e. The Morgan fingerprint density at radius 3 is 2.55 bits per heavy atom. The first-order valence-corrected chi connectivity index (χ1v) is 10.3. The number of nitrogens with zero attached hydrogens (tertiary/aromatic N) is 2. The van der Waals surface area contributed by atoms with Crippen LogP contribution in [-0.2, 0) is 11.3 Å². The van der Waals surface area contributed by atoms with Gasteiger partial charge in [-0.2, -0.15) is 0 Å². The summed E-state index contributed by atoms with van der Waals surface area (Å²) < 4.78 is 0. The summed E-state index contributed by atoms with van der Waals surface area (Å²) in [5, 5.41) is 12.3. The summed E-state index contributed by atoms with van der Waals surface area (Å²) in [4.78, 5) is 30.5. The number of aromatic carboxylic acids is 1. The maximum absolute atomic E-state index is 12.6. The van der Waals surface area contributed by atoms with E-state index in [9.17, 15) is 14.7 Å². The van der Waals surface area contributed by atoms with Gasteiger partial charge >= 0.3 is 5.97 Å². The van der Waals surface area contributed by atoms with Crippen LogP contribution in [0.3, 0.4) is 0 Å². The zero-order chi connectivity index (χ0) is 22.8. The highest BCUT2D eigenvalue weighted by Crippen LogP contribution is 2.30. The molecule has 6 heteroatoms. The molecule has 0 spiro atoms. The molecule has 1 heterocycles. The van der Waals surface area contributed by atoms with Crippen LogP contribution < -0.4 is 5.32 Å². The Bertz CT molecular complexity index is 1060. The zero-order valence-corrected chi connectivity index (χ0v) is 18.6. The number of carbonyl (C=O) groups is 2. The topological polar surface area (TPSA) is 82.0 Å². The van der Waals surface area contributed by atoms with Crippen molar-refractivity contribution in [2.24, 2.45) is 10.4 Å². The van der Waals surface area contributed by atoms with Crippen LogP contribution in [0, 0.1) is 12.3 Å². The van der Waals surface area contributed by atoms with Crippen LogP contribution in [0.25, 0.3) is 5.70 Å². The molecule has 0 aliphatic carbocycles. The second kappa shape index (κ2) is 8.76. The minimum Gasteiger partial charge on any atom is -0.478 e. The van der Waals surface area contributed by atoms with Gasteiger partial charge in [0.1, 0.15) is 0 Å². The monoisotopic (exact) mass is 419 g/mol. The summed E-state index contributed by atoms with van der Waals surface area (Å²) in [5.41, 5.74) is 4.16. The Morgan fingerprint density at radius 1 is 1.16 bits per heavy atom. The fraction of sp³-hybridized carbons (Fsp3) is 0.320. The molecule has 0 bridgehead atoms.